The van der Waals surface area contributed by atoms with Crippen molar-refractivity contribution >= 4 is 65.6 Å². The van der Waals surface area contributed by atoms with Crippen molar-refractivity contribution in [3.05, 3.63) is 206 Å². The van der Waals surface area contributed by atoms with Crippen molar-refractivity contribution in [2.75, 3.05) is 0 Å². The van der Waals surface area contributed by atoms with Gasteiger partial charge in [0.2, 0.25) is 0 Å². The molecule has 0 saturated heterocycles. The molecule has 0 fully saturated rings. The van der Waals surface area contributed by atoms with Crippen LogP contribution in [0.2, 0.25) is 0 Å². The molecule has 266 valence electrons. The Balaban J connectivity index is 1.26. The summed E-state index contributed by atoms with van der Waals surface area (Å²) in [6, 6.07) is -17.9. The zero-order valence-corrected chi connectivity index (χ0v) is 28.7. The monoisotopic (exact) mass is 755 g/mol. The average molecular weight is 756 g/mol. The number of hydrogen-bond acceptors (Lipinski definition) is 1. The molecule has 9 aromatic carbocycles. The van der Waals surface area contributed by atoms with Crippen LogP contribution in [0.1, 0.15) is 39.8 Å². The van der Waals surface area contributed by atoms with E-state index in [-0.39, 0.29) is 27.5 Å². The molecular formula is C54H34N2O. The molecule has 3 aromatic heterocycles. The number of para-hydroxylation sites is 3. The number of furan rings is 1. The van der Waals surface area contributed by atoms with E-state index in [4.69, 9.17) is 25.0 Å². The maximum absolute atomic E-state index is 10.1. The minimum atomic E-state index is -1.07. The van der Waals surface area contributed by atoms with Gasteiger partial charge >= 0.3 is 0 Å². The van der Waals surface area contributed by atoms with E-state index in [0.29, 0.717) is 4.57 Å². The lowest BCUT2D eigenvalue weighted by Crippen LogP contribution is -1.97. The predicted octanol–water partition coefficient (Wildman–Crippen LogP) is 14.8. The van der Waals surface area contributed by atoms with Crippen LogP contribution in [0, 0.1) is 0 Å². The first-order valence-corrected chi connectivity index (χ1v) is 17.2. The van der Waals surface area contributed by atoms with Gasteiger partial charge in [0.15, 0.2) is 0 Å². The zero-order chi connectivity index (χ0) is 62.7. The molecule has 0 bridgehead atoms. The first-order chi connectivity index (χ1) is 40.4. The van der Waals surface area contributed by atoms with Crippen LogP contribution in [0.3, 0.4) is 0 Å². The van der Waals surface area contributed by atoms with Crippen LogP contribution < -0.4 is 0 Å². The van der Waals surface area contributed by atoms with Gasteiger partial charge in [-0.05, 0) is 94.3 Å². The van der Waals surface area contributed by atoms with Gasteiger partial charge < -0.3 is 13.6 Å². The van der Waals surface area contributed by atoms with Gasteiger partial charge in [-0.15, -0.1) is 0 Å². The summed E-state index contributed by atoms with van der Waals surface area (Å²) in [6.07, 6.45) is 0. The van der Waals surface area contributed by atoms with E-state index in [1.165, 1.54) is 12.1 Å². The van der Waals surface area contributed by atoms with Crippen molar-refractivity contribution < 1.29 is 44.2 Å². The van der Waals surface area contributed by atoms with E-state index < -0.39 is 258 Å². The Bertz CT molecular complexity index is 5190. The van der Waals surface area contributed by atoms with E-state index in [1.807, 2.05) is 0 Å². The zero-order valence-electron chi connectivity index (χ0n) is 57.7. The summed E-state index contributed by atoms with van der Waals surface area (Å²) in [5.41, 5.74) is -7.69. The van der Waals surface area contributed by atoms with Crippen LogP contribution in [-0.2, 0) is 0 Å². The molecule has 3 heteroatoms. The number of benzene rings is 9. The number of aromatic nitrogens is 2. The number of rotatable bonds is 5. The van der Waals surface area contributed by atoms with Crippen LogP contribution in [0.25, 0.3) is 110 Å². The molecule has 0 N–H and O–H groups in total. The van der Waals surface area contributed by atoms with Gasteiger partial charge in [-0.1, -0.05) is 139 Å². The summed E-state index contributed by atoms with van der Waals surface area (Å²) in [5.74, 6) is 0. The highest BCUT2D eigenvalue weighted by atomic mass is 16.3. The van der Waals surface area contributed by atoms with Gasteiger partial charge in [0.05, 0.1) is 67.5 Å². The largest absolute Gasteiger partial charge is 0.455 e. The molecule has 0 aliphatic rings. The van der Waals surface area contributed by atoms with Crippen LogP contribution in [-0.4, -0.2) is 9.13 Å². The van der Waals surface area contributed by atoms with Gasteiger partial charge in [0.1, 0.15) is 11.2 Å². The van der Waals surface area contributed by atoms with Crippen molar-refractivity contribution in [1.29, 1.82) is 0 Å². The second-order valence-corrected chi connectivity index (χ2v) is 12.6. The summed E-state index contributed by atoms with van der Waals surface area (Å²) in [7, 11) is 0. The lowest BCUT2D eigenvalue weighted by Gasteiger charge is -2.15. The SMILES string of the molecule is [2H]c1c([2H])c([2H])c(-c2c([2H])c([2H])c([2H])c(-n3c4c([2H])c([2H])c([2H])c([2H])c4c4c([2H])c(-c5c([2H])c([2H])c6c(c5[2H])c5c([2H])c([2H])c([2H])c([2H])c5n6-c5c([2H])c([2H])c6c(oc7c([2H])c([2H])c([2H])c([2H])c76)c5-c5ccccc5)c([2H])c([2H])c43)c2[2H])c([2H])c1[2H]. The van der Waals surface area contributed by atoms with Gasteiger partial charge in [-0.3, -0.25) is 0 Å². The van der Waals surface area contributed by atoms with Crippen LogP contribution >= 0.6 is 0 Å². The number of fused-ring (bicyclic) bond motifs is 9. The smallest absolute Gasteiger partial charge is 0.145 e. The summed E-state index contributed by atoms with van der Waals surface area (Å²) < 4.78 is 273. The highest BCUT2D eigenvalue weighted by molar-refractivity contribution is 6.15. The van der Waals surface area contributed by atoms with Crippen molar-refractivity contribution in [2.45, 2.75) is 0 Å². The van der Waals surface area contributed by atoms with E-state index in [1.54, 1.807) is 18.2 Å². The van der Waals surface area contributed by atoms with Crippen molar-refractivity contribution in [3.8, 4) is 44.8 Å². The van der Waals surface area contributed by atoms with Crippen molar-refractivity contribution in [2.24, 2.45) is 0 Å². The van der Waals surface area contributed by atoms with E-state index in [0.717, 1.165) is 4.57 Å². The van der Waals surface area contributed by atoms with Crippen molar-refractivity contribution in [1.82, 2.24) is 9.13 Å². The molecule has 3 heterocycles. The third kappa shape index (κ3) is 4.86. The van der Waals surface area contributed by atoms with E-state index in [2.05, 4.69) is 0 Å². The molecule has 0 aliphatic heterocycles. The average Bonchev–Trinajstić information content (AvgIpc) is 1.51. The molecule has 0 unspecified atom stereocenters. The summed E-state index contributed by atoms with van der Waals surface area (Å²) in [5, 5.41) is -2.89. The normalized spacial score (nSPS) is 19.0. The summed E-state index contributed by atoms with van der Waals surface area (Å²) >= 11 is 0. The van der Waals surface area contributed by atoms with Gasteiger partial charge in [-0.25, -0.2) is 0 Å². The van der Waals surface area contributed by atoms with E-state index in [9.17, 15) is 19.2 Å². The molecule has 57 heavy (non-hydrogen) atoms. The lowest BCUT2D eigenvalue weighted by atomic mass is 9.99. The summed E-state index contributed by atoms with van der Waals surface area (Å²) in [6.45, 7) is 0. The standard InChI is InChI=1S/C54H34N2O/c1-3-14-35(15-4-1)37-18-13-19-40(32-37)55-47-23-10-7-20-41(47)45-33-38(26-29-49(45)55)39-27-30-50-46(34-39)42-21-8-11-24-48(42)56(50)51-31-28-44-43-22-9-12-25-52(43)57-54(44)53(51)36-16-5-2-6-17-36/h1-34H/i1D,3D,4D,7D,8D,9D,10D,11D,12D,13D,14D,15D,18D,19D,20D,21D,22D,23D,24D,25D,26D,27D,28D,29D,30D,31D,32D,33D,34D. The predicted molar refractivity (Wildman–Crippen MR) is 239 cm³/mol. The maximum Gasteiger partial charge on any atom is 0.145 e. The fourth-order valence-corrected chi connectivity index (χ4v) is 7.12. The Morgan fingerprint density at radius 3 is 1.68 bits per heavy atom. The Hall–Kier alpha value is -7.62. The molecule has 0 aliphatic carbocycles. The molecule has 0 amide bonds. The van der Waals surface area contributed by atoms with Gasteiger partial charge in [-0.2, -0.15) is 0 Å². The maximum atomic E-state index is 10.1. The highest BCUT2D eigenvalue weighted by Gasteiger charge is 2.22. The third-order valence-corrected chi connectivity index (χ3v) is 9.54. The Morgan fingerprint density at radius 2 is 0.947 bits per heavy atom. The fraction of sp³-hybridized carbons (Fsp3) is 0. The number of nitrogens with zero attached hydrogens (tertiary/aromatic N) is 2. The first-order valence-electron chi connectivity index (χ1n) is 31.7. The Labute approximate surface area is 369 Å². The fourth-order valence-electron chi connectivity index (χ4n) is 7.12. The molecule has 0 atom stereocenters. The van der Waals surface area contributed by atoms with Crippen LogP contribution in [0.5, 0.6) is 0 Å². The second-order valence-electron chi connectivity index (χ2n) is 12.6. The molecular weight excluding hydrogens is 693 g/mol. The quantitative estimate of drug-likeness (QED) is 0.172. The second kappa shape index (κ2) is 12.5. The molecule has 12 rings (SSSR count). The molecule has 3 nitrogen and oxygen atoms in total. The van der Waals surface area contributed by atoms with Crippen LogP contribution in [0.4, 0.5) is 0 Å². The lowest BCUT2D eigenvalue weighted by molar-refractivity contribution is 0.670. The van der Waals surface area contributed by atoms with Gasteiger partial charge in [0.25, 0.3) is 0 Å². The van der Waals surface area contributed by atoms with Gasteiger partial charge in [0, 0.05) is 43.6 Å². The molecule has 0 radical (unpaired) electrons. The Kier molecular flexibility index (Phi) is 3.16. The van der Waals surface area contributed by atoms with E-state index >= 15 is 0 Å². The molecule has 12 aromatic rings. The minimum Gasteiger partial charge on any atom is -0.455 e. The third-order valence-electron chi connectivity index (χ3n) is 9.54. The van der Waals surface area contributed by atoms with Crippen molar-refractivity contribution in [3.63, 3.8) is 0 Å². The molecule has 0 spiro atoms. The minimum absolute atomic E-state index is 0.142. The first kappa shape index (κ1) is 14.5. The Morgan fingerprint density at radius 1 is 0.368 bits per heavy atom. The number of hydrogen-bond donors (Lipinski definition) is 0. The molecule has 0 saturated carbocycles. The highest BCUT2D eigenvalue weighted by Crippen LogP contribution is 2.44. The van der Waals surface area contributed by atoms with Crippen LogP contribution in [0.15, 0.2) is 210 Å². The summed E-state index contributed by atoms with van der Waals surface area (Å²) in [4.78, 5) is 0. The topological polar surface area (TPSA) is 23.0 Å².